The van der Waals surface area contributed by atoms with E-state index in [0.717, 1.165) is 0 Å². The molecule has 0 heterocycles. The van der Waals surface area contributed by atoms with Gasteiger partial charge in [0.1, 0.15) is 16.9 Å². The van der Waals surface area contributed by atoms with Crippen LogP contribution in [0.2, 0.25) is 0 Å². The SMILES string of the molecule is CCOC(=O)/C=C\[C@H]1C(C)(C)[C@]1(C(=O)O)[C@@H](C#N)c1cccc(Oc2ccccc2)c1. The summed E-state index contributed by atoms with van der Waals surface area (Å²) < 4.78 is 10.8. The number of carbonyl (C=O) groups excluding carboxylic acids is 1. The maximum Gasteiger partial charge on any atom is 0.330 e. The van der Waals surface area contributed by atoms with Gasteiger partial charge in [0.15, 0.2) is 0 Å². The average Bonchev–Trinajstić information content (AvgIpc) is 3.24. The number of carboxylic acid groups (broad SMARTS) is 1. The summed E-state index contributed by atoms with van der Waals surface area (Å²) in [6.07, 6.45) is 2.81. The number of allylic oxidation sites excluding steroid dienone is 1. The fourth-order valence-corrected chi connectivity index (χ4v) is 4.50. The molecule has 0 spiro atoms. The van der Waals surface area contributed by atoms with Crippen molar-refractivity contribution < 1.29 is 24.2 Å². The molecular formula is C25H25NO5. The zero-order valence-electron chi connectivity index (χ0n) is 17.7. The van der Waals surface area contributed by atoms with Gasteiger partial charge < -0.3 is 14.6 Å². The third-order valence-electron chi connectivity index (χ3n) is 6.07. The van der Waals surface area contributed by atoms with Crippen LogP contribution in [0.15, 0.2) is 66.7 Å². The lowest BCUT2D eigenvalue weighted by Crippen LogP contribution is -2.28. The summed E-state index contributed by atoms with van der Waals surface area (Å²) in [5.41, 5.74) is -1.56. The Balaban J connectivity index is 1.96. The number of carbonyl (C=O) groups is 2. The minimum absolute atomic E-state index is 0.232. The van der Waals surface area contributed by atoms with E-state index >= 15 is 0 Å². The highest BCUT2D eigenvalue weighted by Crippen LogP contribution is 2.75. The second-order valence-corrected chi connectivity index (χ2v) is 8.03. The molecule has 1 aliphatic carbocycles. The number of rotatable bonds is 8. The van der Waals surface area contributed by atoms with E-state index in [1.54, 1.807) is 51.1 Å². The minimum atomic E-state index is -1.38. The smallest absolute Gasteiger partial charge is 0.330 e. The van der Waals surface area contributed by atoms with Crippen LogP contribution in [0.25, 0.3) is 0 Å². The Kier molecular flexibility index (Phi) is 6.16. The molecule has 0 aliphatic heterocycles. The van der Waals surface area contributed by atoms with Crippen molar-refractivity contribution in [2.45, 2.75) is 26.7 Å². The van der Waals surface area contributed by atoms with Crippen LogP contribution in [0, 0.1) is 28.1 Å². The van der Waals surface area contributed by atoms with Crippen molar-refractivity contribution in [3.8, 4) is 17.6 Å². The summed E-state index contributed by atoms with van der Waals surface area (Å²) in [5, 5.41) is 20.2. The first-order valence-corrected chi connectivity index (χ1v) is 10.1. The Morgan fingerprint density at radius 2 is 1.84 bits per heavy atom. The number of ether oxygens (including phenoxy) is 2. The van der Waals surface area contributed by atoms with Gasteiger partial charge in [0.05, 0.1) is 18.6 Å². The van der Waals surface area contributed by atoms with Crippen molar-refractivity contribution in [2.75, 3.05) is 6.61 Å². The number of aliphatic carboxylic acids is 1. The fraction of sp³-hybridized carbons (Fsp3) is 0.320. The fourth-order valence-electron chi connectivity index (χ4n) is 4.50. The van der Waals surface area contributed by atoms with E-state index in [0.29, 0.717) is 17.1 Å². The molecule has 0 saturated heterocycles. The number of hydrogen-bond acceptors (Lipinski definition) is 5. The van der Waals surface area contributed by atoms with Crippen molar-refractivity contribution in [3.63, 3.8) is 0 Å². The zero-order chi connectivity index (χ0) is 22.6. The van der Waals surface area contributed by atoms with Gasteiger partial charge in [0.2, 0.25) is 0 Å². The van der Waals surface area contributed by atoms with Crippen molar-refractivity contribution in [3.05, 3.63) is 72.3 Å². The van der Waals surface area contributed by atoms with Crippen LogP contribution in [0.1, 0.15) is 32.3 Å². The minimum Gasteiger partial charge on any atom is -0.481 e. The van der Waals surface area contributed by atoms with Crippen molar-refractivity contribution >= 4 is 11.9 Å². The van der Waals surface area contributed by atoms with E-state index in [2.05, 4.69) is 6.07 Å². The second kappa shape index (κ2) is 8.65. The van der Waals surface area contributed by atoms with Crippen LogP contribution in [0.4, 0.5) is 0 Å². The molecule has 2 aromatic carbocycles. The number of benzene rings is 2. The summed E-state index contributed by atoms with van der Waals surface area (Å²) in [5.74, 6) is -1.89. The molecule has 31 heavy (non-hydrogen) atoms. The predicted molar refractivity (Wildman–Crippen MR) is 114 cm³/mol. The summed E-state index contributed by atoms with van der Waals surface area (Å²) in [6, 6.07) is 18.3. The highest BCUT2D eigenvalue weighted by atomic mass is 16.5. The van der Waals surface area contributed by atoms with E-state index in [1.807, 2.05) is 30.3 Å². The van der Waals surface area contributed by atoms with Gasteiger partial charge >= 0.3 is 11.9 Å². The Labute approximate surface area is 181 Å². The molecule has 1 aliphatic rings. The van der Waals surface area contributed by atoms with Crippen LogP contribution >= 0.6 is 0 Å². The second-order valence-electron chi connectivity index (χ2n) is 8.03. The van der Waals surface area contributed by atoms with Gasteiger partial charge in [-0.05, 0) is 42.2 Å². The number of nitriles is 1. The van der Waals surface area contributed by atoms with Crippen molar-refractivity contribution in [1.82, 2.24) is 0 Å². The molecule has 6 nitrogen and oxygen atoms in total. The molecule has 6 heteroatoms. The molecular weight excluding hydrogens is 394 g/mol. The Hall–Kier alpha value is -3.59. The summed E-state index contributed by atoms with van der Waals surface area (Å²) in [4.78, 5) is 24.3. The standard InChI is InChI=1S/C25H25NO5/c1-4-30-22(27)14-13-21-24(2,3)25(21,23(28)29)20(16-26)17-9-8-12-19(15-17)31-18-10-6-5-7-11-18/h5-15,20-21H,4H2,1-3H3,(H,28,29)/b14-13-/t20-,21-,25+/m0/s1. The van der Waals surface area contributed by atoms with Gasteiger partial charge in [-0.3, -0.25) is 4.79 Å². The maximum absolute atomic E-state index is 12.5. The topological polar surface area (TPSA) is 96.6 Å². The van der Waals surface area contributed by atoms with E-state index < -0.39 is 34.6 Å². The lowest BCUT2D eigenvalue weighted by atomic mass is 9.78. The number of nitrogens with zero attached hydrogens (tertiary/aromatic N) is 1. The maximum atomic E-state index is 12.5. The monoisotopic (exact) mass is 419 g/mol. The lowest BCUT2D eigenvalue weighted by Gasteiger charge is -2.22. The summed E-state index contributed by atoms with van der Waals surface area (Å²) in [7, 11) is 0. The average molecular weight is 419 g/mol. The molecule has 3 rings (SSSR count). The third kappa shape index (κ3) is 3.91. The van der Waals surface area contributed by atoms with Gasteiger partial charge in [-0.25, -0.2) is 4.79 Å². The first-order chi connectivity index (χ1) is 14.8. The predicted octanol–water partition coefficient (Wildman–Crippen LogP) is 4.93. The Morgan fingerprint density at radius 1 is 1.16 bits per heavy atom. The quantitative estimate of drug-likeness (QED) is 0.481. The first kappa shape index (κ1) is 22.1. The Bertz CT molecular complexity index is 1040. The van der Waals surface area contributed by atoms with Crippen LogP contribution in [0.3, 0.4) is 0 Å². The highest BCUT2D eigenvalue weighted by molar-refractivity contribution is 5.86. The van der Waals surface area contributed by atoms with Gasteiger partial charge in [0.25, 0.3) is 0 Å². The molecule has 1 saturated carbocycles. The van der Waals surface area contributed by atoms with Crippen LogP contribution in [0.5, 0.6) is 11.5 Å². The van der Waals surface area contributed by atoms with Crippen molar-refractivity contribution in [1.29, 1.82) is 5.26 Å². The van der Waals surface area contributed by atoms with Gasteiger partial charge in [0, 0.05) is 12.0 Å². The number of para-hydroxylation sites is 1. The first-order valence-electron chi connectivity index (χ1n) is 10.1. The number of esters is 1. The molecule has 160 valence electrons. The van der Waals surface area contributed by atoms with Gasteiger partial charge in [-0.2, -0.15) is 5.26 Å². The molecule has 2 aromatic rings. The van der Waals surface area contributed by atoms with Crippen LogP contribution < -0.4 is 4.74 Å². The summed E-state index contributed by atoms with van der Waals surface area (Å²) >= 11 is 0. The molecule has 0 amide bonds. The Morgan fingerprint density at radius 3 is 2.45 bits per heavy atom. The van der Waals surface area contributed by atoms with E-state index in [-0.39, 0.29) is 6.61 Å². The molecule has 1 N–H and O–H groups in total. The summed E-state index contributed by atoms with van der Waals surface area (Å²) in [6.45, 7) is 5.53. The van der Waals surface area contributed by atoms with E-state index in [4.69, 9.17) is 9.47 Å². The van der Waals surface area contributed by atoms with E-state index in [9.17, 15) is 20.0 Å². The van der Waals surface area contributed by atoms with Gasteiger partial charge in [-0.1, -0.05) is 50.3 Å². The van der Waals surface area contributed by atoms with E-state index in [1.165, 1.54) is 6.08 Å². The van der Waals surface area contributed by atoms with Gasteiger partial charge in [-0.15, -0.1) is 0 Å². The zero-order valence-corrected chi connectivity index (χ0v) is 17.7. The molecule has 1 fully saturated rings. The molecule has 0 bridgehead atoms. The van der Waals surface area contributed by atoms with Crippen LogP contribution in [-0.2, 0) is 14.3 Å². The number of carboxylic acids is 1. The molecule has 0 radical (unpaired) electrons. The van der Waals surface area contributed by atoms with Crippen molar-refractivity contribution in [2.24, 2.45) is 16.7 Å². The van der Waals surface area contributed by atoms with Crippen LogP contribution in [-0.4, -0.2) is 23.7 Å². The lowest BCUT2D eigenvalue weighted by molar-refractivity contribution is -0.145. The number of hydrogen-bond donors (Lipinski definition) is 1. The largest absolute Gasteiger partial charge is 0.481 e. The normalized spacial score (nSPS) is 22.3. The third-order valence-corrected chi connectivity index (χ3v) is 6.07. The highest BCUT2D eigenvalue weighted by Gasteiger charge is 2.78. The molecule has 3 atom stereocenters. The molecule has 0 unspecified atom stereocenters. The molecule has 0 aromatic heterocycles.